The van der Waals surface area contributed by atoms with E-state index in [9.17, 15) is 0 Å². The van der Waals surface area contributed by atoms with Crippen molar-refractivity contribution in [3.63, 3.8) is 0 Å². The number of hydrazine groups is 1. The van der Waals surface area contributed by atoms with Crippen LogP contribution in [0.1, 0.15) is 65.7 Å². The summed E-state index contributed by atoms with van der Waals surface area (Å²) in [6, 6.07) is 0. The van der Waals surface area contributed by atoms with Crippen molar-refractivity contribution in [3.8, 4) is 0 Å². The van der Waals surface area contributed by atoms with Gasteiger partial charge in [-0.3, -0.25) is 5.43 Å². The third-order valence-corrected chi connectivity index (χ3v) is 2.68. The molecule has 0 amide bonds. The van der Waals surface area contributed by atoms with Crippen molar-refractivity contribution in [3.05, 3.63) is 0 Å². The van der Waals surface area contributed by atoms with Crippen LogP contribution in [-0.4, -0.2) is 24.6 Å². The van der Waals surface area contributed by atoms with E-state index in [0.717, 1.165) is 6.54 Å². The third-order valence-electron chi connectivity index (χ3n) is 2.68. The lowest BCUT2D eigenvalue weighted by Gasteiger charge is -2.23. The van der Waals surface area contributed by atoms with E-state index in [-0.39, 0.29) is 0 Å². The second kappa shape index (κ2) is 12.0. The molecule has 0 spiro atoms. The van der Waals surface area contributed by atoms with Crippen molar-refractivity contribution >= 4 is 0 Å². The minimum absolute atomic E-state index is 1.15. The van der Waals surface area contributed by atoms with Gasteiger partial charge in [0.2, 0.25) is 0 Å². The summed E-state index contributed by atoms with van der Waals surface area (Å²) in [6.07, 6.45) is 9.17. The molecule has 0 aromatic heterocycles. The van der Waals surface area contributed by atoms with Crippen LogP contribution in [0.25, 0.3) is 0 Å². The lowest BCUT2D eigenvalue weighted by Crippen LogP contribution is -2.40. The predicted molar refractivity (Wildman–Crippen MR) is 68.9 cm³/mol. The SMILES string of the molecule is CCCCCNN(CCCC)CCCC. The smallest absolute Gasteiger partial charge is 0.0130 e. The number of hydrogen-bond donors (Lipinski definition) is 1. The van der Waals surface area contributed by atoms with E-state index < -0.39 is 0 Å². The Kier molecular flexibility index (Phi) is 11.9. The Hall–Kier alpha value is -0.0800. The topological polar surface area (TPSA) is 15.3 Å². The molecule has 15 heavy (non-hydrogen) atoms. The number of hydrogen-bond acceptors (Lipinski definition) is 2. The summed E-state index contributed by atoms with van der Waals surface area (Å²) in [7, 11) is 0. The number of rotatable bonds is 11. The van der Waals surface area contributed by atoms with Crippen LogP contribution >= 0.6 is 0 Å². The van der Waals surface area contributed by atoms with Crippen molar-refractivity contribution in [2.45, 2.75) is 65.7 Å². The molecule has 1 N–H and O–H groups in total. The van der Waals surface area contributed by atoms with Gasteiger partial charge in [0.15, 0.2) is 0 Å². The van der Waals surface area contributed by atoms with Crippen LogP contribution in [-0.2, 0) is 0 Å². The van der Waals surface area contributed by atoms with Crippen molar-refractivity contribution < 1.29 is 0 Å². The Morgan fingerprint density at radius 1 is 0.733 bits per heavy atom. The molecule has 2 heteroatoms. The number of unbranched alkanes of at least 4 members (excludes halogenated alkanes) is 4. The lowest BCUT2D eigenvalue weighted by atomic mass is 10.2. The second-order valence-corrected chi connectivity index (χ2v) is 4.31. The average Bonchev–Trinajstić information content (AvgIpc) is 2.27. The molecule has 0 bridgehead atoms. The van der Waals surface area contributed by atoms with Gasteiger partial charge in [-0.15, -0.1) is 0 Å². The zero-order valence-corrected chi connectivity index (χ0v) is 11.0. The van der Waals surface area contributed by atoms with Gasteiger partial charge in [-0.2, -0.15) is 0 Å². The molecule has 2 nitrogen and oxygen atoms in total. The number of nitrogens with zero attached hydrogens (tertiary/aromatic N) is 1. The fourth-order valence-electron chi connectivity index (χ4n) is 1.58. The van der Waals surface area contributed by atoms with Crippen molar-refractivity contribution in [1.82, 2.24) is 10.4 Å². The summed E-state index contributed by atoms with van der Waals surface area (Å²) in [5.41, 5.74) is 3.56. The molecule has 0 aliphatic carbocycles. The highest BCUT2D eigenvalue weighted by Crippen LogP contribution is 1.97. The Bertz CT molecular complexity index is 107. The van der Waals surface area contributed by atoms with E-state index in [4.69, 9.17) is 0 Å². The van der Waals surface area contributed by atoms with E-state index in [1.54, 1.807) is 0 Å². The summed E-state index contributed by atoms with van der Waals surface area (Å²) < 4.78 is 0. The molecule has 0 aromatic rings. The van der Waals surface area contributed by atoms with Crippen LogP contribution in [0.15, 0.2) is 0 Å². The van der Waals surface area contributed by atoms with Gasteiger partial charge < -0.3 is 0 Å². The maximum atomic E-state index is 3.56. The fraction of sp³-hybridized carbons (Fsp3) is 1.00. The van der Waals surface area contributed by atoms with E-state index in [0.29, 0.717) is 0 Å². The minimum atomic E-state index is 1.15. The highest BCUT2D eigenvalue weighted by Gasteiger charge is 2.01. The van der Waals surface area contributed by atoms with Gasteiger partial charge in [0.25, 0.3) is 0 Å². The Labute approximate surface area is 96.4 Å². The minimum Gasteiger partial charge on any atom is -0.255 e. The molecule has 0 aliphatic rings. The lowest BCUT2D eigenvalue weighted by molar-refractivity contribution is 0.180. The fourth-order valence-corrected chi connectivity index (χ4v) is 1.58. The van der Waals surface area contributed by atoms with Gasteiger partial charge in [-0.25, -0.2) is 5.01 Å². The van der Waals surface area contributed by atoms with Crippen LogP contribution in [0.4, 0.5) is 0 Å². The summed E-state index contributed by atoms with van der Waals surface area (Å²) in [6.45, 7) is 10.3. The van der Waals surface area contributed by atoms with Gasteiger partial charge in [0, 0.05) is 19.6 Å². The first kappa shape index (κ1) is 14.9. The Balaban J connectivity index is 3.49. The molecule has 0 saturated heterocycles. The molecule has 0 unspecified atom stereocenters. The summed E-state index contributed by atoms with van der Waals surface area (Å²) in [5.74, 6) is 0. The number of nitrogens with one attached hydrogen (secondary N) is 1. The van der Waals surface area contributed by atoms with Gasteiger partial charge in [0.1, 0.15) is 0 Å². The predicted octanol–water partition coefficient (Wildman–Crippen LogP) is 3.58. The highest BCUT2D eigenvalue weighted by molar-refractivity contribution is 4.53. The Morgan fingerprint density at radius 2 is 1.27 bits per heavy atom. The molecule has 0 aliphatic heterocycles. The second-order valence-electron chi connectivity index (χ2n) is 4.31. The zero-order chi connectivity index (χ0) is 11.4. The van der Waals surface area contributed by atoms with Crippen LogP contribution in [0.3, 0.4) is 0 Å². The van der Waals surface area contributed by atoms with Crippen molar-refractivity contribution in [2.24, 2.45) is 0 Å². The van der Waals surface area contributed by atoms with Crippen LogP contribution in [0.2, 0.25) is 0 Å². The normalized spacial score (nSPS) is 11.2. The molecule has 0 rings (SSSR count). The van der Waals surface area contributed by atoms with E-state index in [1.165, 1.54) is 58.0 Å². The van der Waals surface area contributed by atoms with Gasteiger partial charge in [-0.1, -0.05) is 46.5 Å². The molecule has 0 saturated carbocycles. The first-order valence-electron chi connectivity index (χ1n) is 6.83. The van der Waals surface area contributed by atoms with Gasteiger partial charge in [-0.05, 0) is 19.3 Å². The molecule has 0 atom stereocenters. The summed E-state index contributed by atoms with van der Waals surface area (Å²) >= 11 is 0. The van der Waals surface area contributed by atoms with Crippen LogP contribution in [0.5, 0.6) is 0 Å². The van der Waals surface area contributed by atoms with Gasteiger partial charge >= 0.3 is 0 Å². The van der Waals surface area contributed by atoms with Crippen molar-refractivity contribution in [1.29, 1.82) is 0 Å². The molecular formula is C13H30N2. The molecular weight excluding hydrogens is 184 g/mol. The van der Waals surface area contributed by atoms with E-state index in [1.807, 2.05) is 0 Å². The monoisotopic (exact) mass is 214 g/mol. The first-order chi connectivity index (χ1) is 7.35. The quantitative estimate of drug-likeness (QED) is 0.418. The molecule has 92 valence electrons. The largest absolute Gasteiger partial charge is 0.255 e. The third kappa shape index (κ3) is 10.2. The summed E-state index contributed by atoms with van der Waals surface area (Å²) in [5, 5.41) is 2.42. The standard InChI is InChI=1S/C13H30N2/c1-4-7-10-11-14-15(12-8-5-2)13-9-6-3/h14H,4-13H2,1-3H3. The van der Waals surface area contributed by atoms with Gasteiger partial charge in [0.05, 0.1) is 0 Å². The Morgan fingerprint density at radius 3 is 1.73 bits per heavy atom. The van der Waals surface area contributed by atoms with E-state index in [2.05, 4.69) is 31.2 Å². The molecule has 0 radical (unpaired) electrons. The van der Waals surface area contributed by atoms with E-state index >= 15 is 0 Å². The molecule has 0 fully saturated rings. The highest BCUT2D eigenvalue weighted by atomic mass is 15.5. The average molecular weight is 214 g/mol. The summed E-state index contributed by atoms with van der Waals surface area (Å²) in [4.78, 5) is 0. The molecule has 0 heterocycles. The first-order valence-corrected chi connectivity index (χ1v) is 6.83. The maximum absolute atomic E-state index is 3.56. The van der Waals surface area contributed by atoms with Crippen LogP contribution < -0.4 is 5.43 Å². The molecule has 0 aromatic carbocycles. The maximum Gasteiger partial charge on any atom is 0.0130 e. The van der Waals surface area contributed by atoms with Crippen molar-refractivity contribution in [2.75, 3.05) is 19.6 Å². The zero-order valence-electron chi connectivity index (χ0n) is 11.0. The van der Waals surface area contributed by atoms with Crippen LogP contribution in [0, 0.1) is 0 Å².